The number of H-pyrrole nitrogens is 1. The molecule has 0 saturated carbocycles. The lowest BCUT2D eigenvalue weighted by atomic mass is 9.84. The van der Waals surface area contributed by atoms with E-state index in [-0.39, 0.29) is 23.3 Å². The van der Waals surface area contributed by atoms with Gasteiger partial charge in [0.15, 0.2) is 0 Å². The third-order valence-electron chi connectivity index (χ3n) is 5.85. The number of rotatable bonds is 4. The summed E-state index contributed by atoms with van der Waals surface area (Å²) in [5, 5.41) is 4.65. The molecule has 1 amide bonds. The molecular formula is C23H25N5O2S. The van der Waals surface area contributed by atoms with Crippen LogP contribution in [-0.4, -0.2) is 29.1 Å². The van der Waals surface area contributed by atoms with Crippen LogP contribution in [0.2, 0.25) is 0 Å². The van der Waals surface area contributed by atoms with Crippen LogP contribution in [0.25, 0.3) is 10.2 Å². The third-order valence-corrected chi connectivity index (χ3v) is 6.95. The number of fused-ring (bicyclic) bond motifs is 2. The lowest BCUT2D eigenvalue weighted by molar-refractivity contribution is -0.120. The fourth-order valence-corrected chi connectivity index (χ4v) is 5.14. The summed E-state index contributed by atoms with van der Waals surface area (Å²) in [4.78, 5) is 35.6. The Morgan fingerprint density at radius 1 is 1.32 bits per heavy atom. The highest BCUT2D eigenvalue weighted by Crippen LogP contribution is 2.46. The average molecular weight is 436 g/mol. The van der Waals surface area contributed by atoms with E-state index in [1.54, 1.807) is 6.21 Å². The van der Waals surface area contributed by atoms with E-state index in [0.29, 0.717) is 16.0 Å². The summed E-state index contributed by atoms with van der Waals surface area (Å²) in [6, 6.07) is 8.29. The van der Waals surface area contributed by atoms with E-state index in [1.165, 1.54) is 22.6 Å². The third kappa shape index (κ3) is 3.67. The molecule has 3 heterocycles. The van der Waals surface area contributed by atoms with Crippen molar-refractivity contribution in [2.45, 2.75) is 39.5 Å². The number of carbonyl (C=O) groups is 1. The lowest BCUT2D eigenvalue weighted by Crippen LogP contribution is -2.24. The SMILES string of the molecule is Cc1sc2nc(CC(=O)N/N=C/C=C3\N(C)c4ccccc4C3(C)C)[nH]c(=O)c2c1C. The maximum atomic E-state index is 12.3. The Morgan fingerprint density at radius 3 is 2.81 bits per heavy atom. The van der Waals surface area contributed by atoms with Gasteiger partial charge >= 0.3 is 0 Å². The number of aryl methyl sites for hydroxylation is 2. The first-order chi connectivity index (χ1) is 14.7. The maximum Gasteiger partial charge on any atom is 0.259 e. The van der Waals surface area contributed by atoms with Crippen LogP contribution >= 0.6 is 11.3 Å². The first-order valence-electron chi connectivity index (χ1n) is 10.0. The predicted octanol–water partition coefficient (Wildman–Crippen LogP) is 3.56. The summed E-state index contributed by atoms with van der Waals surface area (Å²) in [5.74, 6) is -0.0126. The van der Waals surface area contributed by atoms with Gasteiger partial charge in [-0.25, -0.2) is 10.4 Å². The second kappa shape index (κ2) is 7.77. The summed E-state index contributed by atoms with van der Waals surface area (Å²) < 4.78 is 0. The normalized spacial score (nSPS) is 16.4. The highest BCUT2D eigenvalue weighted by molar-refractivity contribution is 7.18. The molecule has 31 heavy (non-hydrogen) atoms. The van der Waals surface area contributed by atoms with Crippen LogP contribution in [0.4, 0.5) is 5.69 Å². The smallest absolute Gasteiger partial charge is 0.259 e. The molecule has 0 fully saturated rings. The quantitative estimate of drug-likeness (QED) is 0.484. The zero-order chi connectivity index (χ0) is 22.3. The number of carbonyl (C=O) groups excluding carboxylic acids is 1. The number of aromatic amines is 1. The number of thiophene rings is 1. The highest BCUT2D eigenvalue weighted by Gasteiger charge is 2.37. The van der Waals surface area contributed by atoms with Crippen LogP contribution in [0.3, 0.4) is 0 Å². The number of amides is 1. The Hall–Kier alpha value is -3.26. The van der Waals surface area contributed by atoms with Gasteiger partial charge < -0.3 is 9.88 Å². The van der Waals surface area contributed by atoms with Gasteiger partial charge in [-0.05, 0) is 37.1 Å². The molecule has 4 rings (SSSR count). The van der Waals surface area contributed by atoms with E-state index in [4.69, 9.17) is 0 Å². The van der Waals surface area contributed by atoms with Crippen molar-refractivity contribution < 1.29 is 4.79 Å². The van der Waals surface area contributed by atoms with Gasteiger partial charge in [-0.15, -0.1) is 11.3 Å². The van der Waals surface area contributed by atoms with Crippen LogP contribution in [0.5, 0.6) is 0 Å². The summed E-state index contributed by atoms with van der Waals surface area (Å²) in [6.07, 6.45) is 3.44. The monoisotopic (exact) mass is 435 g/mol. The molecule has 0 unspecified atom stereocenters. The molecule has 1 aliphatic heterocycles. The van der Waals surface area contributed by atoms with E-state index in [0.717, 1.165) is 16.1 Å². The van der Waals surface area contributed by atoms with Gasteiger partial charge in [0.1, 0.15) is 10.7 Å². The Kier molecular flexibility index (Phi) is 5.26. The standard InChI is InChI=1S/C23H25N5O2S/c1-13-14(2)31-22-20(13)21(30)25-18(26-22)12-19(29)27-24-11-10-17-23(3,4)15-8-6-7-9-16(15)28(17)5/h6-11H,12H2,1-5H3,(H,27,29)(H,25,26,30)/b17-10-,24-11+. The molecule has 0 bridgehead atoms. The van der Waals surface area contributed by atoms with Gasteiger partial charge in [0.25, 0.3) is 5.56 Å². The number of hydrogen-bond donors (Lipinski definition) is 2. The van der Waals surface area contributed by atoms with E-state index in [2.05, 4.69) is 51.4 Å². The maximum absolute atomic E-state index is 12.3. The summed E-state index contributed by atoms with van der Waals surface area (Å²) in [6.45, 7) is 8.19. The molecule has 0 radical (unpaired) electrons. The van der Waals surface area contributed by atoms with Crippen molar-refractivity contribution in [3.63, 3.8) is 0 Å². The van der Waals surface area contributed by atoms with E-state index >= 15 is 0 Å². The van der Waals surface area contributed by atoms with Gasteiger partial charge in [0.05, 0.1) is 11.8 Å². The number of anilines is 1. The minimum atomic E-state index is -0.343. The molecular weight excluding hydrogens is 410 g/mol. The minimum absolute atomic E-state index is 0.0497. The van der Waals surface area contributed by atoms with Crippen molar-refractivity contribution in [1.82, 2.24) is 15.4 Å². The van der Waals surface area contributed by atoms with Gasteiger partial charge in [-0.3, -0.25) is 9.59 Å². The molecule has 1 aromatic carbocycles. The van der Waals surface area contributed by atoms with Crippen molar-refractivity contribution in [3.05, 3.63) is 68.2 Å². The molecule has 1 aliphatic rings. The summed E-state index contributed by atoms with van der Waals surface area (Å²) >= 11 is 1.46. The van der Waals surface area contributed by atoms with Gasteiger partial charge in [-0.2, -0.15) is 5.10 Å². The van der Waals surface area contributed by atoms with Crippen LogP contribution < -0.4 is 15.9 Å². The molecule has 3 aromatic rings. The number of nitrogens with zero attached hydrogens (tertiary/aromatic N) is 3. The number of para-hydroxylation sites is 1. The molecule has 8 heteroatoms. The second-order valence-electron chi connectivity index (χ2n) is 8.22. The highest BCUT2D eigenvalue weighted by atomic mass is 32.1. The van der Waals surface area contributed by atoms with Crippen molar-refractivity contribution in [1.29, 1.82) is 0 Å². The van der Waals surface area contributed by atoms with Gasteiger partial charge in [-0.1, -0.05) is 32.0 Å². The number of hydrazone groups is 1. The molecule has 2 N–H and O–H groups in total. The number of likely N-dealkylation sites (N-methyl/N-ethyl adjacent to an activating group) is 1. The molecule has 2 aromatic heterocycles. The molecule has 0 atom stereocenters. The second-order valence-corrected chi connectivity index (χ2v) is 9.42. The lowest BCUT2D eigenvalue weighted by Gasteiger charge is -2.23. The fraction of sp³-hybridized carbons (Fsp3) is 0.304. The zero-order valence-electron chi connectivity index (χ0n) is 18.2. The number of nitrogens with one attached hydrogen (secondary N) is 2. The largest absolute Gasteiger partial charge is 0.347 e. The number of hydrogen-bond acceptors (Lipinski definition) is 6. The molecule has 160 valence electrons. The number of allylic oxidation sites excluding steroid dienone is 2. The predicted molar refractivity (Wildman–Crippen MR) is 126 cm³/mol. The first kappa shape index (κ1) is 21.0. The van der Waals surface area contributed by atoms with Crippen LogP contribution in [-0.2, 0) is 16.6 Å². The van der Waals surface area contributed by atoms with E-state index in [1.807, 2.05) is 39.1 Å². The van der Waals surface area contributed by atoms with Crippen molar-refractivity contribution in [2.75, 3.05) is 11.9 Å². The minimum Gasteiger partial charge on any atom is -0.347 e. The average Bonchev–Trinajstić information content (AvgIpc) is 3.10. The fourth-order valence-electron chi connectivity index (χ4n) is 4.09. The molecule has 0 spiro atoms. The van der Waals surface area contributed by atoms with Crippen molar-refractivity contribution in [3.8, 4) is 0 Å². The Morgan fingerprint density at radius 2 is 2.06 bits per heavy atom. The van der Waals surface area contributed by atoms with Crippen molar-refractivity contribution in [2.24, 2.45) is 5.10 Å². The first-order valence-corrected chi connectivity index (χ1v) is 10.9. The Labute approximate surface area is 184 Å². The van der Waals surface area contributed by atoms with Crippen LogP contribution in [0.1, 0.15) is 35.7 Å². The Balaban J connectivity index is 1.45. The number of benzene rings is 1. The van der Waals surface area contributed by atoms with Crippen LogP contribution in [0.15, 0.2) is 45.9 Å². The van der Waals surface area contributed by atoms with E-state index in [9.17, 15) is 9.59 Å². The van der Waals surface area contributed by atoms with Crippen molar-refractivity contribution >= 4 is 39.4 Å². The molecule has 0 saturated heterocycles. The summed E-state index contributed by atoms with van der Waals surface area (Å²) in [7, 11) is 2.03. The van der Waals surface area contributed by atoms with E-state index < -0.39 is 0 Å². The van der Waals surface area contributed by atoms with Gasteiger partial charge in [0, 0.05) is 34.9 Å². The Bertz CT molecular complexity index is 1300. The zero-order valence-corrected chi connectivity index (χ0v) is 19.1. The van der Waals surface area contributed by atoms with Crippen LogP contribution in [0, 0.1) is 13.8 Å². The summed E-state index contributed by atoms with van der Waals surface area (Å²) in [5.41, 5.74) is 6.59. The topological polar surface area (TPSA) is 90.4 Å². The number of aromatic nitrogens is 2. The molecule has 0 aliphatic carbocycles. The van der Waals surface area contributed by atoms with Gasteiger partial charge in [0.2, 0.25) is 5.91 Å². The molecule has 7 nitrogen and oxygen atoms in total.